The number of benzene rings is 3. The lowest BCUT2D eigenvalue weighted by atomic mass is 9.89. The third-order valence-corrected chi connectivity index (χ3v) is 10.2. The van der Waals surface area contributed by atoms with Crippen LogP contribution in [0.3, 0.4) is 0 Å². The number of fused-ring (bicyclic) bond motifs is 1. The maximum atomic E-state index is 13.8. The summed E-state index contributed by atoms with van der Waals surface area (Å²) in [6.45, 7) is 1.44. The Bertz CT molecular complexity index is 1530. The number of carbonyl (C=O) groups is 1. The summed E-state index contributed by atoms with van der Waals surface area (Å²) in [6, 6.07) is 23.6. The number of aromatic amines is 1. The molecule has 1 N–H and O–H groups in total. The highest BCUT2D eigenvalue weighted by atomic mass is 35.5. The number of rotatable bonds is 5. The standard InChI is InChI=1S/C30H31ClN4O3S/c31-24-11-13-25(14-12-24)39(37,38)35-20-23(10-15-28(35)21-6-2-1-3-7-21)30(36)34-18-16-22(17-19-34)29-32-26-8-4-5-9-27(26)33-29/h1-9,11-14,22-23,28H,10,15-20H2,(H,32,33)/t23-,28-/m1/s1. The summed E-state index contributed by atoms with van der Waals surface area (Å²) in [5, 5.41) is 0.478. The average molecular weight is 563 g/mol. The number of hydrogen-bond acceptors (Lipinski definition) is 4. The molecule has 7 nitrogen and oxygen atoms in total. The van der Waals surface area contributed by atoms with Crippen LogP contribution in [0.25, 0.3) is 11.0 Å². The molecule has 39 heavy (non-hydrogen) atoms. The van der Waals surface area contributed by atoms with Crippen LogP contribution in [0.2, 0.25) is 5.02 Å². The summed E-state index contributed by atoms with van der Waals surface area (Å²) < 4.78 is 29.2. The molecule has 9 heteroatoms. The number of likely N-dealkylation sites (tertiary alicyclic amines) is 1. The Morgan fingerprint density at radius 3 is 2.28 bits per heavy atom. The Kier molecular flexibility index (Phi) is 7.18. The van der Waals surface area contributed by atoms with Crippen molar-refractivity contribution in [2.24, 2.45) is 5.92 Å². The van der Waals surface area contributed by atoms with Gasteiger partial charge in [0.1, 0.15) is 5.82 Å². The molecule has 3 heterocycles. The largest absolute Gasteiger partial charge is 0.342 e. The van der Waals surface area contributed by atoms with Crippen LogP contribution < -0.4 is 0 Å². The molecule has 4 aromatic rings. The van der Waals surface area contributed by atoms with Crippen LogP contribution in [-0.2, 0) is 14.8 Å². The first kappa shape index (κ1) is 26.0. The average Bonchev–Trinajstić information content (AvgIpc) is 3.42. The van der Waals surface area contributed by atoms with E-state index < -0.39 is 10.0 Å². The van der Waals surface area contributed by atoms with Gasteiger partial charge in [0.05, 0.1) is 27.9 Å². The molecule has 1 amide bonds. The van der Waals surface area contributed by atoms with Gasteiger partial charge in [0.15, 0.2) is 0 Å². The molecule has 0 unspecified atom stereocenters. The van der Waals surface area contributed by atoms with E-state index in [0.29, 0.717) is 31.0 Å². The number of H-pyrrole nitrogens is 1. The van der Waals surface area contributed by atoms with Crippen molar-refractivity contribution in [1.29, 1.82) is 0 Å². The summed E-state index contributed by atoms with van der Waals surface area (Å²) in [6.07, 6.45) is 2.90. The lowest BCUT2D eigenvalue weighted by molar-refractivity contribution is -0.138. The molecule has 0 radical (unpaired) electrons. The maximum absolute atomic E-state index is 13.8. The SMILES string of the molecule is O=C([C@@H]1CC[C@H](c2ccccc2)N(S(=O)(=O)c2ccc(Cl)cc2)C1)N1CCC(c2nc3ccccc3[nH]2)CC1. The summed E-state index contributed by atoms with van der Waals surface area (Å²) in [4.78, 5) is 24.0. The van der Waals surface area contributed by atoms with Gasteiger partial charge >= 0.3 is 0 Å². The van der Waals surface area contributed by atoms with Crippen LogP contribution >= 0.6 is 11.6 Å². The van der Waals surface area contributed by atoms with Crippen molar-refractivity contribution < 1.29 is 13.2 Å². The van der Waals surface area contributed by atoms with Crippen molar-refractivity contribution in [3.63, 3.8) is 0 Å². The number of hydrogen-bond donors (Lipinski definition) is 1. The fourth-order valence-electron chi connectivity index (χ4n) is 5.95. The zero-order chi connectivity index (χ0) is 27.0. The van der Waals surface area contributed by atoms with Crippen molar-refractivity contribution in [1.82, 2.24) is 19.2 Å². The van der Waals surface area contributed by atoms with Crippen molar-refractivity contribution in [3.8, 4) is 0 Å². The van der Waals surface area contributed by atoms with E-state index >= 15 is 0 Å². The lowest BCUT2D eigenvalue weighted by Gasteiger charge is -2.41. The number of imidazole rings is 1. The first-order chi connectivity index (χ1) is 18.9. The van der Waals surface area contributed by atoms with Crippen LogP contribution in [0.5, 0.6) is 0 Å². The van der Waals surface area contributed by atoms with E-state index in [-0.39, 0.29) is 35.2 Å². The van der Waals surface area contributed by atoms with Gasteiger partial charge in [-0.25, -0.2) is 13.4 Å². The second kappa shape index (κ2) is 10.8. The van der Waals surface area contributed by atoms with Gasteiger partial charge in [0.25, 0.3) is 0 Å². The second-order valence-electron chi connectivity index (χ2n) is 10.5. The van der Waals surface area contributed by atoms with Crippen LogP contribution in [0.1, 0.15) is 49.0 Å². The number of carbonyl (C=O) groups excluding carboxylic acids is 1. The number of nitrogens with zero attached hydrogens (tertiary/aromatic N) is 3. The van der Waals surface area contributed by atoms with Gasteiger partial charge in [0.2, 0.25) is 15.9 Å². The molecular weight excluding hydrogens is 532 g/mol. The topological polar surface area (TPSA) is 86.4 Å². The minimum atomic E-state index is -3.84. The minimum absolute atomic E-state index is 0.0425. The molecule has 1 aromatic heterocycles. The van der Waals surface area contributed by atoms with Crippen molar-refractivity contribution >= 4 is 38.6 Å². The van der Waals surface area contributed by atoms with Crippen molar-refractivity contribution in [3.05, 3.63) is 95.3 Å². The molecule has 0 spiro atoms. The zero-order valence-corrected chi connectivity index (χ0v) is 23.1. The van der Waals surface area contributed by atoms with E-state index in [1.807, 2.05) is 59.5 Å². The molecular formula is C30H31ClN4O3S. The molecule has 0 bridgehead atoms. The number of para-hydroxylation sites is 2. The third-order valence-electron chi connectivity index (χ3n) is 8.09. The fraction of sp³-hybridized carbons (Fsp3) is 0.333. The van der Waals surface area contributed by atoms with E-state index in [2.05, 4.69) is 4.98 Å². The van der Waals surface area contributed by atoms with Crippen LogP contribution in [0, 0.1) is 5.92 Å². The smallest absolute Gasteiger partial charge is 0.243 e. The van der Waals surface area contributed by atoms with Gasteiger partial charge in [-0.15, -0.1) is 0 Å². The Labute approximate surface area is 233 Å². The molecule has 2 atom stereocenters. The summed E-state index contributed by atoms with van der Waals surface area (Å²) in [5.41, 5.74) is 2.93. The Morgan fingerprint density at radius 2 is 1.56 bits per heavy atom. The Morgan fingerprint density at radius 1 is 0.872 bits per heavy atom. The minimum Gasteiger partial charge on any atom is -0.342 e. The number of aromatic nitrogens is 2. The second-order valence-corrected chi connectivity index (χ2v) is 12.8. The first-order valence-corrected chi connectivity index (χ1v) is 15.3. The number of amides is 1. The normalized spacial score (nSPS) is 21.3. The first-order valence-electron chi connectivity index (χ1n) is 13.5. The van der Waals surface area contributed by atoms with E-state index in [1.54, 1.807) is 12.1 Å². The van der Waals surface area contributed by atoms with Crippen LogP contribution in [0.15, 0.2) is 83.8 Å². The fourth-order valence-corrected chi connectivity index (χ4v) is 7.77. The van der Waals surface area contributed by atoms with E-state index in [0.717, 1.165) is 35.3 Å². The number of sulfonamides is 1. The molecule has 3 aromatic carbocycles. The van der Waals surface area contributed by atoms with Crippen LogP contribution in [-0.4, -0.2) is 53.1 Å². The maximum Gasteiger partial charge on any atom is 0.243 e. The molecule has 202 valence electrons. The molecule has 2 fully saturated rings. The highest BCUT2D eigenvalue weighted by molar-refractivity contribution is 7.89. The summed E-state index contributed by atoms with van der Waals surface area (Å²) >= 11 is 6.03. The molecule has 2 aliphatic heterocycles. The Balaban J connectivity index is 1.19. The lowest BCUT2D eigenvalue weighted by Crippen LogP contribution is -2.49. The molecule has 2 saturated heterocycles. The van der Waals surface area contributed by atoms with E-state index in [1.165, 1.54) is 16.4 Å². The summed E-state index contributed by atoms with van der Waals surface area (Å²) in [5.74, 6) is 0.916. The van der Waals surface area contributed by atoms with Gasteiger partial charge in [0, 0.05) is 30.6 Å². The molecule has 0 saturated carbocycles. The predicted molar refractivity (Wildman–Crippen MR) is 152 cm³/mol. The molecule has 2 aliphatic rings. The van der Waals surface area contributed by atoms with Crippen molar-refractivity contribution in [2.45, 2.75) is 42.5 Å². The number of halogens is 1. The predicted octanol–water partition coefficient (Wildman–Crippen LogP) is 5.76. The van der Waals surface area contributed by atoms with Gasteiger partial charge in [-0.05, 0) is 67.6 Å². The zero-order valence-electron chi connectivity index (χ0n) is 21.5. The third kappa shape index (κ3) is 5.21. The molecule has 6 rings (SSSR count). The van der Waals surface area contributed by atoms with Gasteiger partial charge in [-0.2, -0.15) is 4.31 Å². The highest BCUT2D eigenvalue weighted by Crippen LogP contribution is 2.39. The van der Waals surface area contributed by atoms with Crippen molar-refractivity contribution in [2.75, 3.05) is 19.6 Å². The number of piperidine rings is 2. The van der Waals surface area contributed by atoms with E-state index in [9.17, 15) is 13.2 Å². The summed E-state index contributed by atoms with van der Waals surface area (Å²) in [7, 11) is -3.84. The highest BCUT2D eigenvalue weighted by Gasteiger charge is 2.41. The van der Waals surface area contributed by atoms with Gasteiger partial charge in [-0.3, -0.25) is 4.79 Å². The number of nitrogens with one attached hydrogen (secondary N) is 1. The quantitative estimate of drug-likeness (QED) is 0.335. The van der Waals surface area contributed by atoms with Crippen LogP contribution in [0.4, 0.5) is 0 Å². The monoisotopic (exact) mass is 562 g/mol. The Hall–Kier alpha value is -3.20. The van der Waals surface area contributed by atoms with Gasteiger partial charge in [-0.1, -0.05) is 54.1 Å². The van der Waals surface area contributed by atoms with E-state index in [4.69, 9.17) is 16.6 Å². The van der Waals surface area contributed by atoms with Gasteiger partial charge < -0.3 is 9.88 Å². The molecule has 0 aliphatic carbocycles.